The predicted molar refractivity (Wildman–Crippen MR) is 109 cm³/mol. The van der Waals surface area contributed by atoms with Gasteiger partial charge >= 0.3 is 0 Å². The van der Waals surface area contributed by atoms with Gasteiger partial charge in [-0.2, -0.15) is 0 Å². The Bertz CT molecular complexity index is 1210. The Balaban J connectivity index is 2.28. The smallest absolute Gasteiger partial charge is 0.152 e. The second-order valence-corrected chi connectivity index (χ2v) is 7.06. The summed E-state index contributed by atoms with van der Waals surface area (Å²) in [7, 11) is 3.93. The SMILES string of the molecule is Cc1cc2c3c(N)ncnc3n(-c3c(C)ccc(O)c3C)c2nc1N(C)C. The number of hydrogen-bond donors (Lipinski definition) is 2. The van der Waals surface area contributed by atoms with Crippen molar-refractivity contribution in [1.82, 2.24) is 19.5 Å². The van der Waals surface area contributed by atoms with Gasteiger partial charge in [0, 0.05) is 25.0 Å². The number of aromatic hydroxyl groups is 1. The maximum atomic E-state index is 10.3. The first-order valence-electron chi connectivity index (χ1n) is 8.70. The fourth-order valence-corrected chi connectivity index (χ4v) is 3.70. The summed E-state index contributed by atoms with van der Waals surface area (Å²) in [5.74, 6) is 1.51. The molecule has 0 unspecified atom stereocenters. The van der Waals surface area contributed by atoms with Crippen LogP contribution in [-0.2, 0) is 0 Å². The summed E-state index contributed by atoms with van der Waals surface area (Å²) < 4.78 is 1.97. The van der Waals surface area contributed by atoms with E-state index >= 15 is 0 Å². The van der Waals surface area contributed by atoms with Gasteiger partial charge in [0.05, 0.1) is 11.1 Å². The highest BCUT2D eigenvalue weighted by Gasteiger charge is 2.22. The number of aromatic nitrogens is 4. The van der Waals surface area contributed by atoms with Crippen molar-refractivity contribution in [3.8, 4) is 11.4 Å². The molecular weight excluding hydrogens is 340 g/mol. The Labute approximate surface area is 157 Å². The van der Waals surface area contributed by atoms with Crippen molar-refractivity contribution in [3.63, 3.8) is 0 Å². The number of nitrogen functional groups attached to an aromatic ring is 1. The minimum Gasteiger partial charge on any atom is -0.508 e. The Kier molecular flexibility index (Phi) is 3.69. The molecule has 3 N–H and O–H groups in total. The zero-order chi connectivity index (χ0) is 19.5. The Morgan fingerprint density at radius 2 is 1.78 bits per heavy atom. The highest BCUT2D eigenvalue weighted by atomic mass is 16.3. The number of fused-ring (bicyclic) bond motifs is 3. The predicted octanol–water partition coefficient (Wildman–Crippen LogP) is 3.25. The molecule has 7 heteroatoms. The van der Waals surface area contributed by atoms with Crippen LogP contribution in [0.1, 0.15) is 16.7 Å². The van der Waals surface area contributed by atoms with Gasteiger partial charge in [0.15, 0.2) is 5.65 Å². The lowest BCUT2D eigenvalue weighted by atomic mass is 10.1. The van der Waals surface area contributed by atoms with E-state index in [-0.39, 0.29) is 5.75 Å². The summed E-state index contributed by atoms with van der Waals surface area (Å²) in [6, 6.07) is 5.67. The van der Waals surface area contributed by atoms with Crippen LogP contribution < -0.4 is 10.6 Å². The van der Waals surface area contributed by atoms with Gasteiger partial charge in [0.25, 0.3) is 0 Å². The van der Waals surface area contributed by atoms with Crippen molar-refractivity contribution in [2.24, 2.45) is 0 Å². The highest BCUT2D eigenvalue weighted by molar-refractivity contribution is 6.11. The van der Waals surface area contributed by atoms with Gasteiger partial charge in [-0.15, -0.1) is 0 Å². The molecule has 4 rings (SSSR count). The van der Waals surface area contributed by atoms with Crippen molar-refractivity contribution in [2.75, 3.05) is 24.7 Å². The number of phenols is 1. The van der Waals surface area contributed by atoms with E-state index in [9.17, 15) is 5.11 Å². The fourth-order valence-electron chi connectivity index (χ4n) is 3.70. The molecule has 0 amide bonds. The molecule has 3 aromatic heterocycles. The van der Waals surface area contributed by atoms with Gasteiger partial charge < -0.3 is 15.7 Å². The molecule has 0 fully saturated rings. The molecule has 0 aliphatic rings. The summed E-state index contributed by atoms with van der Waals surface area (Å²) in [5, 5.41) is 12.0. The number of anilines is 2. The van der Waals surface area contributed by atoms with Crippen molar-refractivity contribution in [1.29, 1.82) is 0 Å². The summed E-state index contributed by atoms with van der Waals surface area (Å²) >= 11 is 0. The quantitative estimate of drug-likeness (QED) is 0.569. The van der Waals surface area contributed by atoms with Gasteiger partial charge in [-0.1, -0.05) is 6.07 Å². The van der Waals surface area contributed by atoms with E-state index in [2.05, 4.69) is 16.0 Å². The topological polar surface area (TPSA) is 93.1 Å². The lowest BCUT2D eigenvalue weighted by Gasteiger charge is -2.17. The van der Waals surface area contributed by atoms with Crippen LogP contribution in [0.5, 0.6) is 5.75 Å². The van der Waals surface area contributed by atoms with Gasteiger partial charge in [-0.3, -0.25) is 4.57 Å². The Morgan fingerprint density at radius 1 is 1.04 bits per heavy atom. The molecule has 0 aliphatic carbocycles. The first kappa shape index (κ1) is 17.1. The van der Waals surface area contributed by atoms with E-state index < -0.39 is 0 Å². The number of benzene rings is 1. The number of hydrogen-bond acceptors (Lipinski definition) is 6. The number of aryl methyl sites for hydroxylation is 2. The third-order valence-electron chi connectivity index (χ3n) is 4.97. The summed E-state index contributed by atoms with van der Waals surface area (Å²) in [6.07, 6.45) is 1.46. The van der Waals surface area contributed by atoms with Crippen molar-refractivity contribution in [2.45, 2.75) is 20.8 Å². The van der Waals surface area contributed by atoms with Crippen molar-refractivity contribution in [3.05, 3.63) is 41.2 Å². The largest absolute Gasteiger partial charge is 0.508 e. The van der Waals surface area contributed by atoms with Crippen LogP contribution in [0.4, 0.5) is 11.6 Å². The molecule has 0 spiro atoms. The number of phenolic OH excluding ortho intramolecular Hbond substituents is 1. The first-order valence-corrected chi connectivity index (χ1v) is 8.70. The van der Waals surface area contributed by atoms with E-state index in [0.29, 0.717) is 11.5 Å². The highest BCUT2D eigenvalue weighted by Crippen LogP contribution is 2.37. The third kappa shape index (κ3) is 2.38. The molecule has 27 heavy (non-hydrogen) atoms. The van der Waals surface area contributed by atoms with E-state index in [4.69, 9.17) is 10.7 Å². The number of rotatable bonds is 2. The molecule has 138 valence electrons. The van der Waals surface area contributed by atoms with E-state index in [1.54, 1.807) is 6.07 Å². The lowest BCUT2D eigenvalue weighted by Crippen LogP contribution is -2.13. The van der Waals surface area contributed by atoms with Crippen LogP contribution in [-0.4, -0.2) is 38.7 Å². The summed E-state index contributed by atoms with van der Waals surface area (Å²) in [5.41, 5.74) is 11.3. The molecule has 0 saturated carbocycles. The van der Waals surface area contributed by atoms with Crippen LogP contribution in [0.25, 0.3) is 27.8 Å². The first-order chi connectivity index (χ1) is 12.8. The maximum Gasteiger partial charge on any atom is 0.152 e. The molecule has 1 aromatic carbocycles. The molecule has 0 saturated heterocycles. The van der Waals surface area contributed by atoms with E-state index in [0.717, 1.165) is 44.6 Å². The Hall–Kier alpha value is -3.35. The molecule has 3 heterocycles. The number of pyridine rings is 1. The van der Waals surface area contributed by atoms with E-state index in [1.807, 2.05) is 50.4 Å². The lowest BCUT2D eigenvalue weighted by molar-refractivity contribution is 0.470. The average molecular weight is 362 g/mol. The minimum atomic E-state index is 0.229. The van der Waals surface area contributed by atoms with Crippen LogP contribution in [0.2, 0.25) is 0 Å². The monoisotopic (exact) mass is 362 g/mol. The van der Waals surface area contributed by atoms with Gasteiger partial charge in [-0.05, 0) is 44.0 Å². The normalized spacial score (nSPS) is 11.4. The summed E-state index contributed by atoms with van der Waals surface area (Å²) in [4.78, 5) is 15.6. The standard InChI is InChI=1S/C20H22N6O/c1-10-6-7-14(27)12(3)16(10)26-19-13(8-11(2)18(24-19)25(4)5)15-17(21)22-9-23-20(15)26/h6-9,27H,1-5H3,(H2,21,22,23). The van der Waals surface area contributed by atoms with Crippen LogP contribution in [0.15, 0.2) is 24.5 Å². The zero-order valence-corrected chi connectivity index (χ0v) is 16.1. The van der Waals surface area contributed by atoms with Crippen molar-refractivity contribution < 1.29 is 5.11 Å². The Morgan fingerprint density at radius 3 is 2.48 bits per heavy atom. The molecule has 0 radical (unpaired) electrons. The van der Waals surface area contributed by atoms with Crippen LogP contribution >= 0.6 is 0 Å². The fraction of sp³-hybridized carbons (Fsp3) is 0.250. The second-order valence-electron chi connectivity index (χ2n) is 7.06. The van der Waals surface area contributed by atoms with Gasteiger partial charge in [-0.25, -0.2) is 15.0 Å². The summed E-state index contributed by atoms with van der Waals surface area (Å²) in [6.45, 7) is 5.92. The maximum absolute atomic E-state index is 10.3. The van der Waals surface area contributed by atoms with Crippen LogP contribution in [0.3, 0.4) is 0 Å². The minimum absolute atomic E-state index is 0.229. The second kappa shape index (κ2) is 5.84. The molecule has 0 atom stereocenters. The molecule has 0 bridgehead atoms. The molecule has 4 aromatic rings. The van der Waals surface area contributed by atoms with Crippen LogP contribution in [0, 0.1) is 20.8 Å². The van der Waals surface area contributed by atoms with Gasteiger partial charge in [0.2, 0.25) is 0 Å². The van der Waals surface area contributed by atoms with Gasteiger partial charge in [0.1, 0.15) is 29.4 Å². The van der Waals surface area contributed by atoms with E-state index in [1.165, 1.54) is 6.33 Å². The number of nitrogens with two attached hydrogens (primary N) is 1. The van der Waals surface area contributed by atoms with Crippen molar-refractivity contribution >= 4 is 33.7 Å². The number of nitrogens with zero attached hydrogens (tertiary/aromatic N) is 5. The average Bonchev–Trinajstić information content (AvgIpc) is 2.92. The molecule has 7 nitrogen and oxygen atoms in total. The molecule has 0 aliphatic heterocycles. The third-order valence-corrected chi connectivity index (χ3v) is 4.97. The zero-order valence-electron chi connectivity index (χ0n) is 16.1. The molecular formula is C20H22N6O.